The van der Waals surface area contributed by atoms with Crippen molar-refractivity contribution in [1.29, 1.82) is 0 Å². The number of hydrogen-bond acceptors (Lipinski definition) is 4. The lowest BCUT2D eigenvalue weighted by Crippen LogP contribution is -2.54. The van der Waals surface area contributed by atoms with E-state index in [0.29, 0.717) is 12.5 Å². The molecule has 1 saturated carbocycles. The minimum atomic E-state index is -0.736. The second-order valence-electron chi connectivity index (χ2n) is 5.42. The minimum absolute atomic E-state index is 0.0760. The van der Waals surface area contributed by atoms with E-state index in [1.54, 1.807) is 0 Å². The van der Waals surface area contributed by atoms with Crippen molar-refractivity contribution in [3.05, 3.63) is 0 Å². The first-order chi connectivity index (χ1) is 7.64. The standard InChI is InChI=1S/C12H20O4/c1-2-7-3-4-10-12(16-7)5-8(13)11(14)9(6-12)15-10/h7-11,13-14H,2-6H2,1H3/t7?,8-,9-,10+,11-,12?/m1/s1. The number of rotatable bonds is 1. The summed E-state index contributed by atoms with van der Waals surface area (Å²) in [6.07, 6.45) is 3.00. The quantitative estimate of drug-likeness (QED) is 0.690. The van der Waals surface area contributed by atoms with E-state index in [-0.39, 0.29) is 17.8 Å². The summed E-state index contributed by atoms with van der Waals surface area (Å²) >= 11 is 0. The highest BCUT2D eigenvalue weighted by molar-refractivity contribution is 5.09. The molecule has 0 amide bonds. The third kappa shape index (κ3) is 1.44. The normalized spacial score (nSPS) is 56.1. The van der Waals surface area contributed by atoms with Gasteiger partial charge in [-0.05, 0) is 19.3 Å². The molecule has 2 heterocycles. The van der Waals surface area contributed by atoms with Crippen molar-refractivity contribution < 1.29 is 19.7 Å². The van der Waals surface area contributed by atoms with Crippen LogP contribution in [0.2, 0.25) is 0 Å². The Morgan fingerprint density at radius 1 is 1.25 bits per heavy atom. The van der Waals surface area contributed by atoms with Gasteiger partial charge in [0.05, 0.1) is 30.0 Å². The molecule has 2 saturated heterocycles. The molecule has 16 heavy (non-hydrogen) atoms. The summed E-state index contributed by atoms with van der Waals surface area (Å²) < 4.78 is 12.0. The van der Waals surface area contributed by atoms with Gasteiger partial charge in [-0.3, -0.25) is 0 Å². The third-order valence-electron chi connectivity index (χ3n) is 4.41. The molecule has 3 aliphatic rings. The van der Waals surface area contributed by atoms with Gasteiger partial charge in [0.15, 0.2) is 0 Å². The fourth-order valence-electron chi connectivity index (χ4n) is 3.51. The molecule has 4 heteroatoms. The molecular formula is C12H20O4. The summed E-state index contributed by atoms with van der Waals surface area (Å²) in [7, 11) is 0. The number of ether oxygens (including phenoxy) is 2. The molecule has 4 nitrogen and oxygen atoms in total. The Morgan fingerprint density at radius 3 is 2.81 bits per heavy atom. The van der Waals surface area contributed by atoms with Crippen molar-refractivity contribution in [2.24, 2.45) is 0 Å². The van der Waals surface area contributed by atoms with Gasteiger partial charge in [-0.1, -0.05) is 6.92 Å². The van der Waals surface area contributed by atoms with Crippen LogP contribution in [0, 0.1) is 0 Å². The van der Waals surface area contributed by atoms with Crippen LogP contribution in [0.25, 0.3) is 0 Å². The number of aliphatic hydroxyl groups is 2. The van der Waals surface area contributed by atoms with Crippen LogP contribution in [-0.4, -0.2) is 46.3 Å². The van der Waals surface area contributed by atoms with Gasteiger partial charge in [0.1, 0.15) is 6.10 Å². The Morgan fingerprint density at radius 2 is 2.06 bits per heavy atom. The first-order valence-electron chi connectivity index (χ1n) is 6.34. The zero-order chi connectivity index (χ0) is 11.3. The summed E-state index contributed by atoms with van der Waals surface area (Å²) in [6.45, 7) is 2.13. The molecule has 2 unspecified atom stereocenters. The topological polar surface area (TPSA) is 58.9 Å². The first kappa shape index (κ1) is 11.0. The largest absolute Gasteiger partial charge is 0.390 e. The van der Waals surface area contributed by atoms with Crippen LogP contribution in [0.4, 0.5) is 0 Å². The highest BCUT2D eigenvalue weighted by atomic mass is 16.6. The smallest absolute Gasteiger partial charge is 0.106 e. The molecule has 1 aliphatic carbocycles. The SMILES string of the molecule is CCC1CC[C@@H]2O[C@@H]3CC2(C[C@@H](O)[C@H]3O)O1. The van der Waals surface area contributed by atoms with Gasteiger partial charge in [-0.2, -0.15) is 0 Å². The van der Waals surface area contributed by atoms with E-state index in [4.69, 9.17) is 9.47 Å². The molecule has 92 valence electrons. The molecule has 2 aliphatic heterocycles. The van der Waals surface area contributed by atoms with Gasteiger partial charge in [0.2, 0.25) is 0 Å². The minimum Gasteiger partial charge on any atom is -0.390 e. The van der Waals surface area contributed by atoms with Crippen LogP contribution in [0.1, 0.15) is 39.0 Å². The Balaban J connectivity index is 1.84. The molecule has 0 aromatic heterocycles. The van der Waals surface area contributed by atoms with E-state index < -0.39 is 12.2 Å². The van der Waals surface area contributed by atoms with Crippen LogP contribution >= 0.6 is 0 Å². The summed E-state index contributed by atoms with van der Waals surface area (Å²) in [6, 6.07) is 0. The van der Waals surface area contributed by atoms with Crippen molar-refractivity contribution in [2.45, 2.75) is 75.1 Å². The van der Waals surface area contributed by atoms with Crippen molar-refractivity contribution in [3.8, 4) is 0 Å². The van der Waals surface area contributed by atoms with E-state index in [1.165, 1.54) is 0 Å². The fourth-order valence-corrected chi connectivity index (χ4v) is 3.51. The van der Waals surface area contributed by atoms with E-state index in [1.807, 2.05) is 0 Å². The second kappa shape index (κ2) is 3.67. The highest BCUT2D eigenvalue weighted by Gasteiger charge is 2.59. The van der Waals surface area contributed by atoms with Gasteiger partial charge in [0.25, 0.3) is 0 Å². The first-order valence-corrected chi connectivity index (χ1v) is 6.34. The van der Waals surface area contributed by atoms with E-state index in [9.17, 15) is 10.2 Å². The van der Waals surface area contributed by atoms with Crippen molar-refractivity contribution in [3.63, 3.8) is 0 Å². The molecule has 2 bridgehead atoms. The van der Waals surface area contributed by atoms with Gasteiger partial charge < -0.3 is 19.7 Å². The molecule has 3 rings (SSSR count). The van der Waals surface area contributed by atoms with Gasteiger partial charge in [0, 0.05) is 12.8 Å². The average Bonchev–Trinajstić information content (AvgIpc) is 2.60. The van der Waals surface area contributed by atoms with Crippen LogP contribution < -0.4 is 0 Å². The Kier molecular flexibility index (Phi) is 2.51. The van der Waals surface area contributed by atoms with Gasteiger partial charge in [-0.25, -0.2) is 0 Å². The molecule has 0 aromatic carbocycles. The van der Waals surface area contributed by atoms with E-state index >= 15 is 0 Å². The van der Waals surface area contributed by atoms with Gasteiger partial charge in [-0.15, -0.1) is 0 Å². The maximum absolute atomic E-state index is 9.84. The van der Waals surface area contributed by atoms with Crippen LogP contribution in [-0.2, 0) is 9.47 Å². The lowest BCUT2D eigenvalue weighted by Gasteiger charge is -2.44. The lowest BCUT2D eigenvalue weighted by molar-refractivity contribution is -0.177. The van der Waals surface area contributed by atoms with Crippen LogP contribution in [0.3, 0.4) is 0 Å². The molecule has 0 aromatic rings. The summed E-state index contributed by atoms with van der Waals surface area (Å²) in [5.74, 6) is 0. The molecule has 0 radical (unpaired) electrons. The lowest BCUT2D eigenvalue weighted by atomic mass is 9.76. The van der Waals surface area contributed by atoms with Crippen LogP contribution in [0.15, 0.2) is 0 Å². The van der Waals surface area contributed by atoms with E-state index in [2.05, 4.69) is 6.92 Å². The zero-order valence-corrected chi connectivity index (χ0v) is 9.63. The monoisotopic (exact) mass is 228 g/mol. The van der Waals surface area contributed by atoms with E-state index in [0.717, 1.165) is 25.7 Å². The third-order valence-corrected chi connectivity index (χ3v) is 4.41. The van der Waals surface area contributed by atoms with Crippen LogP contribution in [0.5, 0.6) is 0 Å². The molecule has 2 N–H and O–H groups in total. The summed E-state index contributed by atoms with van der Waals surface area (Å²) in [5, 5.41) is 19.6. The predicted molar refractivity (Wildman–Crippen MR) is 57.0 cm³/mol. The maximum Gasteiger partial charge on any atom is 0.106 e. The maximum atomic E-state index is 9.84. The van der Waals surface area contributed by atoms with Crippen molar-refractivity contribution in [1.82, 2.24) is 0 Å². The fraction of sp³-hybridized carbons (Fsp3) is 1.00. The Labute approximate surface area is 95.6 Å². The number of hydrogen-bond donors (Lipinski definition) is 2. The Hall–Kier alpha value is -0.160. The van der Waals surface area contributed by atoms with Crippen molar-refractivity contribution >= 4 is 0 Å². The van der Waals surface area contributed by atoms with Crippen molar-refractivity contribution in [2.75, 3.05) is 0 Å². The van der Waals surface area contributed by atoms with Gasteiger partial charge >= 0.3 is 0 Å². The average molecular weight is 228 g/mol. The molecule has 1 spiro atoms. The molecular weight excluding hydrogens is 208 g/mol. The summed E-state index contributed by atoms with van der Waals surface area (Å²) in [4.78, 5) is 0. The zero-order valence-electron chi connectivity index (χ0n) is 9.63. The highest BCUT2D eigenvalue weighted by Crippen LogP contribution is 2.49. The second-order valence-corrected chi connectivity index (χ2v) is 5.42. The molecule has 3 fully saturated rings. The predicted octanol–water partition coefficient (Wildman–Crippen LogP) is 0.597. The number of fused-ring (bicyclic) bond motifs is 1. The number of aliphatic hydroxyl groups excluding tert-OH is 2. The molecule has 6 atom stereocenters. The summed E-state index contributed by atoms with van der Waals surface area (Å²) in [5.41, 5.74) is -0.317. The Bertz CT molecular complexity index is 278.